The molecule has 0 bridgehead atoms. The molecule has 0 aromatic heterocycles. The van der Waals surface area contributed by atoms with Gasteiger partial charge in [-0.05, 0) is 55.7 Å². The van der Waals surface area contributed by atoms with Gasteiger partial charge in [-0.2, -0.15) is 0 Å². The number of allylic oxidation sites excluding steroid dienone is 1. The van der Waals surface area contributed by atoms with Crippen molar-refractivity contribution in [1.82, 2.24) is 0 Å². The van der Waals surface area contributed by atoms with Gasteiger partial charge < -0.3 is 10.5 Å². The molecule has 0 radical (unpaired) electrons. The molecule has 146 valence electrons. The van der Waals surface area contributed by atoms with Crippen molar-refractivity contribution in [2.24, 2.45) is 15.7 Å². The molecule has 2 aliphatic heterocycles. The van der Waals surface area contributed by atoms with Gasteiger partial charge in [-0.25, -0.2) is 10.0 Å². The second-order valence-electron chi connectivity index (χ2n) is 7.64. The largest absolute Gasteiger partial charge is 0.457 e. The van der Waals surface area contributed by atoms with Crippen molar-refractivity contribution >= 4 is 18.2 Å². The van der Waals surface area contributed by atoms with Crippen LogP contribution in [-0.4, -0.2) is 29.2 Å². The third-order valence-corrected chi connectivity index (χ3v) is 5.95. The molecule has 2 heterocycles. The maximum Gasteiger partial charge on any atom is 0.225 e. The highest BCUT2D eigenvalue weighted by Gasteiger charge is 2.54. The number of benzene rings is 2. The normalized spacial score (nSPS) is 23.3. The molecule has 2 N–H and O–H groups in total. The van der Waals surface area contributed by atoms with Crippen molar-refractivity contribution in [2.75, 3.05) is 11.6 Å². The van der Waals surface area contributed by atoms with Gasteiger partial charge in [-0.3, -0.25) is 4.99 Å². The molecule has 3 aliphatic rings. The van der Waals surface area contributed by atoms with E-state index in [1.807, 2.05) is 67.4 Å². The Labute approximate surface area is 170 Å². The minimum Gasteiger partial charge on any atom is -0.457 e. The lowest BCUT2D eigenvalue weighted by Crippen LogP contribution is -2.70. The van der Waals surface area contributed by atoms with Gasteiger partial charge in [0, 0.05) is 6.54 Å². The van der Waals surface area contributed by atoms with E-state index in [2.05, 4.69) is 33.3 Å². The van der Waals surface area contributed by atoms with E-state index in [1.54, 1.807) is 0 Å². The summed E-state index contributed by atoms with van der Waals surface area (Å²) in [7, 11) is 0. The Hall–Kier alpha value is -3.22. The monoisotopic (exact) mass is 386 g/mol. The SMILES string of the molecule is NCC1(N(c2ccc(Oc3ccccc3)cc2)[N+]23C=CN=CC2=CN=C3)CCC1. The summed E-state index contributed by atoms with van der Waals surface area (Å²) in [5.74, 6) is 1.63. The Morgan fingerprint density at radius 1 is 1.00 bits per heavy atom. The lowest BCUT2D eigenvalue weighted by molar-refractivity contribution is -0.750. The van der Waals surface area contributed by atoms with Crippen molar-refractivity contribution in [2.45, 2.75) is 24.8 Å². The first-order valence-electron chi connectivity index (χ1n) is 9.94. The zero-order valence-electron chi connectivity index (χ0n) is 16.2. The van der Waals surface area contributed by atoms with Gasteiger partial charge in [-0.1, -0.05) is 18.2 Å². The van der Waals surface area contributed by atoms with Crippen molar-refractivity contribution in [3.8, 4) is 11.5 Å². The summed E-state index contributed by atoms with van der Waals surface area (Å²) in [4.78, 5) is 8.77. The van der Waals surface area contributed by atoms with E-state index in [9.17, 15) is 0 Å². The van der Waals surface area contributed by atoms with Crippen LogP contribution in [0, 0.1) is 0 Å². The lowest BCUT2D eigenvalue weighted by Gasteiger charge is -2.54. The van der Waals surface area contributed by atoms with E-state index in [1.165, 1.54) is 6.42 Å². The summed E-state index contributed by atoms with van der Waals surface area (Å²) in [5, 5.41) is 2.38. The zero-order valence-corrected chi connectivity index (χ0v) is 16.2. The number of nitrogens with zero attached hydrogens (tertiary/aromatic N) is 4. The van der Waals surface area contributed by atoms with Crippen LogP contribution >= 0.6 is 0 Å². The van der Waals surface area contributed by atoms with E-state index < -0.39 is 0 Å². The van der Waals surface area contributed by atoms with E-state index in [0.29, 0.717) is 11.1 Å². The molecule has 1 unspecified atom stereocenters. The van der Waals surface area contributed by atoms with Crippen LogP contribution in [0.25, 0.3) is 0 Å². The van der Waals surface area contributed by atoms with Crippen LogP contribution in [0.4, 0.5) is 5.69 Å². The summed E-state index contributed by atoms with van der Waals surface area (Å²) in [6, 6.07) is 18.0. The van der Waals surface area contributed by atoms with E-state index in [0.717, 1.165) is 35.7 Å². The van der Waals surface area contributed by atoms with Crippen molar-refractivity contribution < 1.29 is 9.33 Å². The van der Waals surface area contributed by atoms with E-state index in [4.69, 9.17) is 10.5 Å². The predicted molar refractivity (Wildman–Crippen MR) is 116 cm³/mol. The standard InChI is InChI=1S/C23H24N5O/c24-17-23(11-4-12-23)27(28-14-13-25-15-20(28)16-26-18-28)19-7-9-22(10-8-19)29-21-5-2-1-3-6-21/h1-3,5-10,13-16,18H,4,11-12,17,24H2/q+1. The topological polar surface area (TPSA) is 63.2 Å². The highest BCUT2D eigenvalue weighted by Crippen LogP contribution is 2.46. The number of aliphatic imine (C=N–C) groups is 2. The van der Waals surface area contributed by atoms with Gasteiger partial charge >= 0.3 is 0 Å². The van der Waals surface area contributed by atoms with Crippen LogP contribution < -0.4 is 15.5 Å². The number of ether oxygens (including phenoxy) is 1. The van der Waals surface area contributed by atoms with Gasteiger partial charge in [0.2, 0.25) is 12.0 Å². The molecule has 2 aromatic rings. The van der Waals surface area contributed by atoms with Gasteiger partial charge in [0.15, 0.2) is 6.20 Å². The maximum absolute atomic E-state index is 6.33. The summed E-state index contributed by atoms with van der Waals surface area (Å²) in [6.07, 6.45) is 12.9. The number of hydrogen-bond donors (Lipinski definition) is 1. The Kier molecular flexibility index (Phi) is 4.30. The molecular weight excluding hydrogens is 362 g/mol. The maximum atomic E-state index is 6.33. The molecule has 6 heteroatoms. The Bertz CT molecular complexity index is 1000. The van der Waals surface area contributed by atoms with Gasteiger partial charge in [0.1, 0.15) is 17.0 Å². The highest BCUT2D eigenvalue weighted by atomic mass is 16.5. The quantitative estimate of drug-likeness (QED) is 0.751. The Balaban J connectivity index is 1.53. The Morgan fingerprint density at radius 3 is 2.45 bits per heavy atom. The van der Waals surface area contributed by atoms with Crippen LogP contribution in [0.5, 0.6) is 11.5 Å². The second-order valence-corrected chi connectivity index (χ2v) is 7.64. The summed E-state index contributed by atoms with van der Waals surface area (Å²) >= 11 is 0. The highest BCUT2D eigenvalue weighted by molar-refractivity contribution is 5.82. The number of rotatable bonds is 6. The van der Waals surface area contributed by atoms with Crippen molar-refractivity contribution in [3.63, 3.8) is 0 Å². The Morgan fingerprint density at radius 2 is 1.76 bits per heavy atom. The van der Waals surface area contributed by atoms with Crippen LogP contribution in [0.3, 0.4) is 0 Å². The van der Waals surface area contributed by atoms with E-state index >= 15 is 0 Å². The molecule has 1 atom stereocenters. The third-order valence-electron chi connectivity index (χ3n) is 5.95. The van der Waals surface area contributed by atoms with Crippen LogP contribution in [0.15, 0.2) is 88.9 Å². The van der Waals surface area contributed by atoms with Crippen LogP contribution in [0.2, 0.25) is 0 Å². The van der Waals surface area contributed by atoms with E-state index in [-0.39, 0.29) is 5.54 Å². The molecule has 0 saturated heterocycles. The first-order chi connectivity index (χ1) is 14.3. The summed E-state index contributed by atoms with van der Waals surface area (Å²) < 4.78 is 6.36. The fraction of sp³-hybridized carbons (Fsp3) is 0.217. The van der Waals surface area contributed by atoms with Crippen LogP contribution in [-0.2, 0) is 0 Å². The zero-order chi connectivity index (χ0) is 19.7. The summed E-state index contributed by atoms with van der Waals surface area (Å²) in [6.45, 7) is 0.585. The van der Waals surface area contributed by atoms with Gasteiger partial charge in [-0.15, -0.1) is 4.59 Å². The number of fused-ring (bicyclic) bond motifs is 1. The molecule has 2 aromatic carbocycles. The van der Waals surface area contributed by atoms with Gasteiger partial charge in [0.25, 0.3) is 0 Å². The number of para-hydroxylation sites is 1. The fourth-order valence-electron chi connectivity index (χ4n) is 4.30. The predicted octanol–water partition coefficient (Wildman–Crippen LogP) is 4.34. The molecule has 29 heavy (non-hydrogen) atoms. The summed E-state index contributed by atoms with van der Waals surface area (Å²) in [5.41, 5.74) is 8.30. The molecular formula is C23H24N5O+. The number of nitrogens with two attached hydrogens (primary N) is 1. The molecule has 6 nitrogen and oxygen atoms in total. The lowest BCUT2D eigenvalue weighted by atomic mass is 9.75. The van der Waals surface area contributed by atoms with Crippen molar-refractivity contribution in [1.29, 1.82) is 0 Å². The molecule has 0 spiro atoms. The fourth-order valence-corrected chi connectivity index (χ4v) is 4.30. The number of anilines is 1. The molecule has 1 fully saturated rings. The minimum atomic E-state index is -0.118. The van der Waals surface area contributed by atoms with Crippen LogP contribution in [0.1, 0.15) is 19.3 Å². The molecule has 1 aliphatic carbocycles. The average Bonchev–Trinajstić information content (AvgIpc) is 3.17. The first-order valence-corrected chi connectivity index (χ1v) is 9.94. The number of hydrogen-bond acceptors (Lipinski definition) is 5. The first kappa shape index (κ1) is 17.8. The molecule has 0 amide bonds. The number of quaternary nitrogens is 1. The molecule has 5 rings (SSSR count). The molecule has 1 saturated carbocycles. The second kappa shape index (κ2) is 6.99. The van der Waals surface area contributed by atoms with Crippen molar-refractivity contribution in [3.05, 3.63) is 78.9 Å². The minimum absolute atomic E-state index is 0.118. The third kappa shape index (κ3) is 2.88. The average molecular weight is 386 g/mol. The smallest absolute Gasteiger partial charge is 0.225 e. The van der Waals surface area contributed by atoms with Gasteiger partial charge in [0.05, 0.1) is 24.3 Å².